The molecule has 0 aliphatic heterocycles. The number of anilines is 1. The van der Waals surface area contributed by atoms with Crippen LogP contribution < -0.4 is 15.6 Å². The summed E-state index contributed by atoms with van der Waals surface area (Å²) in [7, 11) is 0. The normalized spacial score (nSPS) is 10.4. The number of aromatic nitrogens is 2. The van der Waals surface area contributed by atoms with E-state index in [4.69, 9.17) is 27.9 Å². The highest BCUT2D eigenvalue weighted by molar-refractivity contribution is 6.36. The largest absolute Gasteiger partial charge is 0.470 e. The van der Waals surface area contributed by atoms with Gasteiger partial charge in [-0.3, -0.25) is 25.8 Å². The summed E-state index contributed by atoms with van der Waals surface area (Å²) in [6, 6.07) is 4.31. The smallest absolute Gasteiger partial charge is 0.374 e. The molecule has 2 N–H and O–H groups in total. The number of halogens is 2. The first-order valence-electron chi connectivity index (χ1n) is 6.97. The molecular formula is C14H13Cl2N5O4. The molecule has 11 heteroatoms. The van der Waals surface area contributed by atoms with Crippen molar-refractivity contribution in [1.29, 1.82) is 0 Å². The lowest BCUT2D eigenvalue weighted by molar-refractivity contribution is -0.385. The molecule has 0 unspecified atom stereocenters. The molecule has 0 spiro atoms. The fourth-order valence-corrected chi connectivity index (χ4v) is 2.28. The molecule has 25 heavy (non-hydrogen) atoms. The summed E-state index contributed by atoms with van der Waals surface area (Å²) in [5.41, 5.74) is 4.30. The van der Waals surface area contributed by atoms with Gasteiger partial charge in [0.1, 0.15) is 6.33 Å². The molecule has 0 atom stereocenters. The number of ether oxygens (including phenoxy) is 1. The first-order valence-corrected chi connectivity index (χ1v) is 7.72. The summed E-state index contributed by atoms with van der Waals surface area (Å²) >= 11 is 11.7. The van der Waals surface area contributed by atoms with E-state index in [2.05, 4.69) is 20.8 Å². The average molecular weight is 386 g/mol. The van der Waals surface area contributed by atoms with Crippen molar-refractivity contribution < 1.29 is 14.5 Å². The fourth-order valence-electron chi connectivity index (χ4n) is 1.79. The summed E-state index contributed by atoms with van der Waals surface area (Å²) in [5, 5.41) is 11.8. The molecule has 0 aliphatic rings. The van der Waals surface area contributed by atoms with Crippen molar-refractivity contribution in [3.05, 3.63) is 50.2 Å². The van der Waals surface area contributed by atoms with E-state index >= 15 is 0 Å². The molecule has 0 saturated heterocycles. The number of hydrogen-bond acceptors (Lipinski definition) is 7. The quantitative estimate of drug-likeness (QED) is 0.578. The van der Waals surface area contributed by atoms with E-state index < -0.39 is 16.5 Å². The average Bonchev–Trinajstić information content (AvgIpc) is 2.51. The van der Waals surface area contributed by atoms with Gasteiger partial charge in [0.15, 0.2) is 0 Å². The number of nitrogens with zero attached hydrogens (tertiary/aromatic N) is 3. The highest BCUT2D eigenvalue weighted by Crippen LogP contribution is 2.31. The van der Waals surface area contributed by atoms with E-state index in [-0.39, 0.29) is 28.4 Å². The van der Waals surface area contributed by atoms with E-state index in [1.165, 1.54) is 18.2 Å². The Kier molecular flexibility index (Phi) is 5.94. The van der Waals surface area contributed by atoms with Gasteiger partial charge in [0, 0.05) is 5.02 Å². The Morgan fingerprint density at radius 3 is 2.64 bits per heavy atom. The first kappa shape index (κ1) is 18.7. The number of nitro groups is 1. The number of nitrogens with one attached hydrogen (secondary N) is 2. The van der Waals surface area contributed by atoms with Crippen molar-refractivity contribution in [2.24, 2.45) is 0 Å². The molecule has 1 aromatic carbocycles. The van der Waals surface area contributed by atoms with Gasteiger partial charge in [0.05, 0.1) is 21.6 Å². The summed E-state index contributed by atoms with van der Waals surface area (Å²) in [6.07, 6.45) is 0.748. The molecule has 1 amide bonds. The van der Waals surface area contributed by atoms with Gasteiger partial charge in [0.25, 0.3) is 11.8 Å². The van der Waals surface area contributed by atoms with E-state index in [1.54, 1.807) is 13.8 Å². The fraction of sp³-hybridized carbons (Fsp3) is 0.214. The lowest BCUT2D eigenvalue weighted by Crippen LogP contribution is -2.30. The van der Waals surface area contributed by atoms with Gasteiger partial charge >= 0.3 is 5.69 Å². The molecule has 1 aromatic heterocycles. The third-order valence-corrected chi connectivity index (χ3v) is 3.34. The van der Waals surface area contributed by atoms with Gasteiger partial charge < -0.3 is 4.74 Å². The van der Waals surface area contributed by atoms with Crippen molar-refractivity contribution in [2.45, 2.75) is 20.0 Å². The molecule has 2 aromatic rings. The number of hydrazine groups is 1. The molecule has 0 bridgehead atoms. The molecule has 0 aliphatic carbocycles. The van der Waals surface area contributed by atoms with Crippen LogP contribution in [0.3, 0.4) is 0 Å². The Labute approximate surface area is 152 Å². The number of hydrogen-bond donors (Lipinski definition) is 2. The summed E-state index contributed by atoms with van der Waals surface area (Å²) in [5.74, 6) is -1.06. The summed E-state index contributed by atoms with van der Waals surface area (Å²) < 4.78 is 5.29. The van der Waals surface area contributed by atoms with Gasteiger partial charge in [-0.25, -0.2) is 4.98 Å². The van der Waals surface area contributed by atoms with E-state index in [0.717, 1.165) is 6.33 Å². The van der Waals surface area contributed by atoms with Crippen molar-refractivity contribution >= 4 is 40.6 Å². The zero-order valence-electron chi connectivity index (χ0n) is 13.1. The summed E-state index contributed by atoms with van der Waals surface area (Å²) in [4.78, 5) is 30.2. The number of amides is 1. The van der Waals surface area contributed by atoms with E-state index in [1.807, 2.05) is 0 Å². The Hall–Kier alpha value is -2.65. The zero-order valence-corrected chi connectivity index (χ0v) is 14.6. The third-order valence-electron chi connectivity index (χ3n) is 2.79. The number of benzene rings is 1. The van der Waals surface area contributed by atoms with Crippen LogP contribution in [0.4, 0.5) is 11.5 Å². The van der Waals surface area contributed by atoms with Gasteiger partial charge in [-0.05, 0) is 32.0 Å². The Morgan fingerprint density at radius 1 is 1.32 bits per heavy atom. The Morgan fingerprint density at radius 2 is 2.04 bits per heavy atom. The van der Waals surface area contributed by atoms with Crippen molar-refractivity contribution in [3.63, 3.8) is 0 Å². The molecule has 0 saturated carbocycles. The number of carbonyl (C=O) groups is 1. The lowest BCUT2D eigenvalue weighted by Gasteiger charge is -2.12. The molecule has 1 heterocycles. The standard InChI is InChI=1S/C14H13Cl2N5O4/c1-7(2)25-14-11(21(23)24)12(17-6-18-14)19-20-13(22)9-4-3-8(15)5-10(9)16/h3-7H,1-2H3,(H,20,22)(H,17,18,19). The minimum Gasteiger partial charge on any atom is -0.470 e. The minimum absolute atomic E-state index is 0.132. The highest BCUT2D eigenvalue weighted by Gasteiger charge is 2.25. The van der Waals surface area contributed by atoms with Crippen LogP contribution in [-0.4, -0.2) is 26.9 Å². The molecule has 9 nitrogen and oxygen atoms in total. The van der Waals surface area contributed by atoms with Gasteiger partial charge in [-0.2, -0.15) is 4.98 Å². The second-order valence-electron chi connectivity index (χ2n) is 5.00. The van der Waals surface area contributed by atoms with Crippen LogP contribution in [0.2, 0.25) is 10.0 Å². The second kappa shape index (κ2) is 7.95. The van der Waals surface area contributed by atoms with Crippen molar-refractivity contribution in [2.75, 3.05) is 5.43 Å². The maximum absolute atomic E-state index is 12.1. The second-order valence-corrected chi connectivity index (χ2v) is 5.85. The van der Waals surface area contributed by atoms with Gasteiger partial charge in [0.2, 0.25) is 5.82 Å². The molecular weight excluding hydrogens is 373 g/mol. The van der Waals surface area contributed by atoms with Crippen LogP contribution in [-0.2, 0) is 0 Å². The van der Waals surface area contributed by atoms with Crippen LogP contribution >= 0.6 is 23.2 Å². The van der Waals surface area contributed by atoms with Gasteiger partial charge in [-0.1, -0.05) is 23.2 Å². The predicted molar refractivity (Wildman–Crippen MR) is 92.0 cm³/mol. The third kappa shape index (κ3) is 4.68. The predicted octanol–water partition coefficient (Wildman–Crippen LogP) is 3.24. The number of carbonyl (C=O) groups excluding carboxylic acids is 1. The zero-order chi connectivity index (χ0) is 18.6. The topological polar surface area (TPSA) is 119 Å². The van der Waals surface area contributed by atoms with Crippen molar-refractivity contribution in [3.8, 4) is 5.88 Å². The maximum atomic E-state index is 12.1. The summed E-state index contributed by atoms with van der Waals surface area (Å²) in [6.45, 7) is 3.40. The maximum Gasteiger partial charge on any atom is 0.374 e. The molecule has 2 rings (SSSR count). The van der Waals surface area contributed by atoms with Crippen molar-refractivity contribution in [1.82, 2.24) is 15.4 Å². The molecule has 0 fully saturated rings. The van der Waals surface area contributed by atoms with Gasteiger partial charge in [-0.15, -0.1) is 0 Å². The van der Waals surface area contributed by atoms with E-state index in [9.17, 15) is 14.9 Å². The Bertz CT molecular complexity index is 816. The highest BCUT2D eigenvalue weighted by atomic mass is 35.5. The molecule has 132 valence electrons. The van der Waals surface area contributed by atoms with Crippen LogP contribution in [0.1, 0.15) is 24.2 Å². The van der Waals surface area contributed by atoms with Crippen LogP contribution in [0, 0.1) is 10.1 Å². The van der Waals surface area contributed by atoms with Crippen LogP contribution in [0.25, 0.3) is 0 Å². The lowest BCUT2D eigenvalue weighted by atomic mass is 10.2. The first-order chi connectivity index (χ1) is 11.8. The molecule has 0 radical (unpaired) electrons. The SMILES string of the molecule is CC(C)Oc1ncnc(NNC(=O)c2ccc(Cl)cc2Cl)c1[N+](=O)[O-]. The van der Waals surface area contributed by atoms with E-state index in [0.29, 0.717) is 5.02 Å². The van der Waals surface area contributed by atoms with Crippen LogP contribution in [0.15, 0.2) is 24.5 Å². The number of rotatable bonds is 6. The minimum atomic E-state index is -0.707. The van der Waals surface area contributed by atoms with Crippen LogP contribution in [0.5, 0.6) is 5.88 Å². The Balaban J connectivity index is 2.22. The monoisotopic (exact) mass is 385 g/mol.